The highest BCUT2D eigenvalue weighted by Crippen LogP contribution is 2.09. The lowest BCUT2D eigenvalue weighted by atomic mass is 10.3. The maximum atomic E-state index is 11.0. The van der Waals surface area contributed by atoms with Gasteiger partial charge in [-0.05, 0) is 24.4 Å². The molecule has 15 heavy (non-hydrogen) atoms. The first-order valence-corrected chi connectivity index (χ1v) is 5.47. The predicted octanol–water partition coefficient (Wildman–Crippen LogP) is 2.38. The molecule has 0 saturated carbocycles. The van der Waals surface area contributed by atoms with Crippen molar-refractivity contribution in [1.29, 1.82) is 0 Å². The minimum atomic E-state index is -0.310. The van der Waals surface area contributed by atoms with Crippen LogP contribution in [0.15, 0.2) is 29.2 Å². The molecule has 4 heteroatoms. The molecule has 0 unspecified atom stereocenters. The summed E-state index contributed by atoms with van der Waals surface area (Å²) in [5.41, 5.74) is 0.573. The summed E-state index contributed by atoms with van der Waals surface area (Å²) in [5, 5.41) is 2.01. The molecule has 0 aromatic carbocycles. The highest BCUT2D eigenvalue weighted by atomic mass is 32.1. The second kappa shape index (κ2) is 6.37. The van der Waals surface area contributed by atoms with Crippen LogP contribution in [0.2, 0.25) is 0 Å². The van der Waals surface area contributed by atoms with E-state index in [4.69, 9.17) is 4.74 Å². The summed E-state index contributed by atoms with van der Waals surface area (Å²) >= 11 is 1.66. The Kier molecular flexibility index (Phi) is 5.07. The highest BCUT2D eigenvalue weighted by Gasteiger charge is 2.01. The van der Waals surface area contributed by atoms with E-state index in [0.29, 0.717) is 18.8 Å². The molecule has 0 saturated heterocycles. The third-order valence-electron chi connectivity index (χ3n) is 1.84. The molecule has 1 heterocycles. The van der Waals surface area contributed by atoms with Crippen molar-refractivity contribution in [2.45, 2.75) is 13.5 Å². The van der Waals surface area contributed by atoms with Gasteiger partial charge in [-0.25, -0.2) is 4.79 Å². The molecular weight excluding hydrogens is 212 g/mol. The van der Waals surface area contributed by atoms with Crippen molar-refractivity contribution in [3.8, 4) is 0 Å². The van der Waals surface area contributed by atoms with Gasteiger partial charge in [0.25, 0.3) is 0 Å². The lowest BCUT2D eigenvalue weighted by Gasteiger charge is -2.00. The molecule has 0 spiro atoms. The minimum absolute atomic E-state index is 0.310. The smallest absolute Gasteiger partial charge is 0.333 e. The van der Waals surface area contributed by atoms with Crippen LogP contribution in [-0.4, -0.2) is 19.7 Å². The standard InChI is InChI=1S/C11H14O3S/c1-9(11(12)13-2)5-6-14-8-10-4-3-7-15-10/h3-5,7H,6,8H2,1-2H3. The van der Waals surface area contributed by atoms with Crippen LogP contribution in [0.5, 0.6) is 0 Å². The average molecular weight is 226 g/mol. The topological polar surface area (TPSA) is 35.5 Å². The molecule has 0 amide bonds. The van der Waals surface area contributed by atoms with E-state index in [1.54, 1.807) is 24.3 Å². The van der Waals surface area contributed by atoms with Gasteiger partial charge in [-0.2, -0.15) is 0 Å². The van der Waals surface area contributed by atoms with Crippen LogP contribution < -0.4 is 0 Å². The van der Waals surface area contributed by atoms with Crippen LogP contribution in [0.1, 0.15) is 11.8 Å². The molecule has 0 aliphatic rings. The third-order valence-corrected chi connectivity index (χ3v) is 2.69. The van der Waals surface area contributed by atoms with Crippen LogP contribution in [0.25, 0.3) is 0 Å². The fraction of sp³-hybridized carbons (Fsp3) is 0.364. The molecular formula is C11H14O3S. The summed E-state index contributed by atoms with van der Waals surface area (Å²) in [7, 11) is 1.37. The normalized spacial score (nSPS) is 11.5. The van der Waals surface area contributed by atoms with Crippen LogP contribution in [0.4, 0.5) is 0 Å². The quantitative estimate of drug-likeness (QED) is 0.439. The zero-order chi connectivity index (χ0) is 11.1. The first-order chi connectivity index (χ1) is 7.24. The first-order valence-electron chi connectivity index (χ1n) is 4.59. The van der Waals surface area contributed by atoms with Gasteiger partial charge in [0.05, 0.1) is 20.3 Å². The van der Waals surface area contributed by atoms with E-state index in [1.807, 2.05) is 17.5 Å². The number of methoxy groups -OCH3 is 1. The second-order valence-corrected chi connectivity index (χ2v) is 4.01. The second-order valence-electron chi connectivity index (χ2n) is 2.97. The molecule has 1 rings (SSSR count). The van der Waals surface area contributed by atoms with Crippen molar-refractivity contribution >= 4 is 17.3 Å². The van der Waals surface area contributed by atoms with Crippen LogP contribution >= 0.6 is 11.3 Å². The predicted molar refractivity (Wildman–Crippen MR) is 59.7 cm³/mol. The summed E-state index contributed by atoms with van der Waals surface area (Å²) in [6.45, 7) is 2.72. The average Bonchev–Trinajstić information content (AvgIpc) is 2.75. The van der Waals surface area contributed by atoms with Crippen molar-refractivity contribution in [2.24, 2.45) is 0 Å². The molecule has 0 fully saturated rings. The SMILES string of the molecule is COC(=O)C(C)=CCOCc1cccs1. The summed E-state index contributed by atoms with van der Waals surface area (Å²) in [5.74, 6) is -0.310. The maximum Gasteiger partial charge on any atom is 0.333 e. The maximum absolute atomic E-state index is 11.0. The fourth-order valence-corrected chi connectivity index (χ4v) is 1.62. The van der Waals surface area contributed by atoms with E-state index in [-0.39, 0.29) is 5.97 Å². The van der Waals surface area contributed by atoms with Crippen molar-refractivity contribution in [2.75, 3.05) is 13.7 Å². The van der Waals surface area contributed by atoms with Crippen molar-refractivity contribution in [3.63, 3.8) is 0 Å². The Labute approximate surface area is 93.3 Å². The lowest BCUT2D eigenvalue weighted by Crippen LogP contribution is -2.03. The number of thiophene rings is 1. The number of carbonyl (C=O) groups excluding carboxylic acids is 1. The molecule has 0 aliphatic carbocycles. The van der Waals surface area contributed by atoms with Gasteiger partial charge in [0.15, 0.2) is 0 Å². The largest absolute Gasteiger partial charge is 0.466 e. The van der Waals surface area contributed by atoms with Crippen LogP contribution in [0.3, 0.4) is 0 Å². The first kappa shape index (κ1) is 11.9. The number of ether oxygens (including phenoxy) is 2. The number of esters is 1. The van der Waals surface area contributed by atoms with Gasteiger partial charge in [-0.3, -0.25) is 0 Å². The molecule has 0 aliphatic heterocycles. The Hall–Kier alpha value is -1.13. The monoisotopic (exact) mass is 226 g/mol. The van der Waals surface area contributed by atoms with Gasteiger partial charge in [-0.15, -0.1) is 11.3 Å². The Balaban J connectivity index is 2.24. The molecule has 0 radical (unpaired) electrons. The summed E-state index contributed by atoms with van der Waals surface area (Å²) in [6, 6.07) is 4.00. The molecule has 3 nitrogen and oxygen atoms in total. The number of rotatable bonds is 5. The lowest BCUT2D eigenvalue weighted by molar-refractivity contribution is -0.136. The van der Waals surface area contributed by atoms with E-state index < -0.39 is 0 Å². The molecule has 0 atom stereocenters. The Morgan fingerprint density at radius 3 is 3.00 bits per heavy atom. The van der Waals surface area contributed by atoms with Gasteiger partial charge < -0.3 is 9.47 Å². The van der Waals surface area contributed by atoms with Gasteiger partial charge in [0.1, 0.15) is 0 Å². The van der Waals surface area contributed by atoms with Crippen molar-refractivity contribution in [1.82, 2.24) is 0 Å². The van der Waals surface area contributed by atoms with Crippen LogP contribution in [0, 0.1) is 0 Å². The Morgan fingerprint density at radius 2 is 2.40 bits per heavy atom. The molecule has 0 bridgehead atoms. The van der Waals surface area contributed by atoms with Gasteiger partial charge in [0, 0.05) is 10.5 Å². The van der Waals surface area contributed by atoms with E-state index >= 15 is 0 Å². The molecule has 1 aromatic heterocycles. The van der Waals surface area contributed by atoms with E-state index in [0.717, 1.165) is 0 Å². The minimum Gasteiger partial charge on any atom is -0.466 e. The number of hydrogen-bond donors (Lipinski definition) is 0. The summed E-state index contributed by atoms with van der Waals surface area (Å²) in [6.07, 6.45) is 1.72. The molecule has 82 valence electrons. The van der Waals surface area contributed by atoms with E-state index in [9.17, 15) is 4.79 Å². The Morgan fingerprint density at radius 1 is 1.60 bits per heavy atom. The van der Waals surface area contributed by atoms with Gasteiger partial charge >= 0.3 is 5.97 Å². The van der Waals surface area contributed by atoms with Gasteiger partial charge in [0.2, 0.25) is 0 Å². The Bertz CT molecular complexity index is 328. The number of carbonyl (C=O) groups is 1. The molecule has 1 aromatic rings. The summed E-state index contributed by atoms with van der Waals surface area (Å²) in [4.78, 5) is 12.2. The van der Waals surface area contributed by atoms with Gasteiger partial charge in [-0.1, -0.05) is 6.07 Å². The third kappa shape index (κ3) is 4.27. The van der Waals surface area contributed by atoms with Crippen LogP contribution in [-0.2, 0) is 20.9 Å². The molecule has 0 N–H and O–H groups in total. The van der Waals surface area contributed by atoms with E-state index in [2.05, 4.69) is 4.74 Å². The van der Waals surface area contributed by atoms with E-state index in [1.165, 1.54) is 12.0 Å². The number of hydrogen-bond acceptors (Lipinski definition) is 4. The highest BCUT2D eigenvalue weighted by molar-refractivity contribution is 7.09. The van der Waals surface area contributed by atoms with Crippen molar-refractivity contribution in [3.05, 3.63) is 34.0 Å². The zero-order valence-electron chi connectivity index (χ0n) is 8.86. The summed E-state index contributed by atoms with van der Waals surface area (Å²) < 4.78 is 9.92. The zero-order valence-corrected chi connectivity index (χ0v) is 9.67. The fourth-order valence-electron chi connectivity index (χ4n) is 0.982. The van der Waals surface area contributed by atoms with Crippen molar-refractivity contribution < 1.29 is 14.3 Å².